The van der Waals surface area contributed by atoms with Gasteiger partial charge in [0.15, 0.2) is 0 Å². The first-order chi connectivity index (χ1) is 7.11. The van der Waals surface area contributed by atoms with Gasteiger partial charge in [0.05, 0.1) is 6.61 Å². The van der Waals surface area contributed by atoms with Crippen molar-refractivity contribution in [3.8, 4) is 0 Å². The summed E-state index contributed by atoms with van der Waals surface area (Å²) in [4.78, 5) is 34.6. The number of nitrogens with one attached hydrogen (secondary N) is 1. The Morgan fingerprint density at radius 1 is 1.47 bits per heavy atom. The predicted molar refractivity (Wildman–Crippen MR) is 48.8 cm³/mol. The summed E-state index contributed by atoms with van der Waals surface area (Å²) in [6.07, 6.45) is 0.812. The van der Waals surface area contributed by atoms with Gasteiger partial charge in [0.1, 0.15) is 0 Å². The number of carbonyl (C=O) groups excluding carboxylic acids is 3. The van der Waals surface area contributed by atoms with Crippen LogP contribution >= 0.6 is 0 Å². The maximum absolute atomic E-state index is 11.4. The Labute approximate surface area is 86.6 Å². The van der Waals surface area contributed by atoms with E-state index in [1.54, 1.807) is 6.92 Å². The molecule has 82 valence electrons. The molecule has 0 aliphatic carbocycles. The Bertz CT molecular complexity index is 322. The van der Waals surface area contributed by atoms with Gasteiger partial charge >= 0.3 is 17.8 Å². The maximum Gasteiger partial charge on any atom is 0.331 e. The second kappa shape index (κ2) is 3.62. The number of hydrogen-bond donors (Lipinski definition) is 1. The zero-order valence-corrected chi connectivity index (χ0v) is 8.36. The highest BCUT2D eigenvalue weighted by molar-refractivity contribution is 6.44. The Hall–Kier alpha value is -1.43. The third-order valence-corrected chi connectivity index (χ3v) is 2.91. The fourth-order valence-electron chi connectivity index (χ4n) is 1.93. The number of ether oxygens (including phenoxy) is 1. The van der Waals surface area contributed by atoms with Crippen molar-refractivity contribution in [2.75, 3.05) is 13.2 Å². The summed E-state index contributed by atoms with van der Waals surface area (Å²) in [7, 11) is 0. The molecule has 2 atom stereocenters. The van der Waals surface area contributed by atoms with Crippen LogP contribution in [0.2, 0.25) is 0 Å². The quantitative estimate of drug-likeness (QED) is 0.494. The van der Waals surface area contributed by atoms with Crippen molar-refractivity contribution in [2.24, 2.45) is 5.92 Å². The fourth-order valence-corrected chi connectivity index (χ4v) is 1.93. The zero-order chi connectivity index (χ0) is 11.0. The van der Waals surface area contributed by atoms with Crippen LogP contribution in [0.4, 0.5) is 4.79 Å². The van der Waals surface area contributed by atoms with Crippen LogP contribution in [-0.2, 0) is 14.3 Å². The van der Waals surface area contributed by atoms with Gasteiger partial charge in [-0.2, -0.15) is 0 Å². The van der Waals surface area contributed by atoms with Crippen LogP contribution in [-0.4, -0.2) is 42.0 Å². The second-order valence-electron chi connectivity index (χ2n) is 3.80. The summed E-state index contributed by atoms with van der Waals surface area (Å²) in [5.41, 5.74) is 0. The van der Waals surface area contributed by atoms with Gasteiger partial charge in [0, 0.05) is 18.6 Å². The van der Waals surface area contributed by atoms with Crippen LogP contribution in [0, 0.1) is 5.92 Å². The minimum absolute atomic E-state index is 0.130. The lowest BCUT2D eigenvalue weighted by atomic mass is 9.99. The van der Waals surface area contributed by atoms with Gasteiger partial charge in [-0.1, -0.05) is 0 Å². The smallest absolute Gasteiger partial charge is 0.331 e. The maximum atomic E-state index is 11.4. The van der Waals surface area contributed by atoms with Crippen LogP contribution < -0.4 is 5.32 Å². The van der Waals surface area contributed by atoms with Gasteiger partial charge in [-0.25, -0.2) is 4.79 Å². The number of nitrogens with zero attached hydrogens (tertiary/aromatic N) is 1. The van der Waals surface area contributed by atoms with E-state index in [1.807, 2.05) is 5.32 Å². The van der Waals surface area contributed by atoms with Crippen molar-refractivity contribution < 1.29 is 19.1 Å². The number of carbonyl (C=O) groups is 3. The molecule has 0 aromatic heterocycles. The van der Waals surface area contributed by atoms with Crippen LogP contribution in [0.25, 0.3) is 0 Å². The normalized spacial score (nSPS) is 28.5. The first kappa shape index (κ1) is 10.1. The number of rotatable bonds is 2. The molecule has 2 heterocycles. The average Bonchev–Trinajstić information content (AvgIpc) is 2.76. The molecular formula is C9H12N2O4. The molecule has 2 fully saturated rings. The van der Waals surface area contributed by atoms with Gasteiger partial charge in [-0.15, -0.1) is 0 Å². The molecular weight excluding hydrogens is 200 g/mol. The van der Waals surface area contributed by atoms with Crippen molar-refractivity contribution in [1.82, 2.24) is 10.2 Å². The third-order valence-electron chi connectivity index (χ3n) is 2.91. The molecule has 0 saturated carbocycles. The first-order valence-electron chi connectivity index (χ1n) is 4.87. The molecule has 2 aliphatic heterocycles. The van der Waals surface area contributed by atoms with Gasteiger partial charge in [-0.05, 0) is 13.3 Å². The van der Waals surface area contributed by atoms with Gasteiger partial charge < -0.3 is 4.74 Å². The molecule has 2 saturated heterocycles. The summed E-state index contributed by atoms with van der Waals surface area (Å²) < 4.78 is 5.18. The Morgan fingerprint density at radius 3 is 2.67 bits per heavy atom. The van der Waals surface area contributed by atoms with Gasteiger partial charge in [0.25, 0.3) is 0 Å². The number of imide groups is 2. The molecule has 0 aromatic carbocycles. The van der Waals surface area contributed by atoms with E-state index in [0.717, 1.165) is 11.3 Å². The van der Waals surface area contributed by atoms with Crippen LogP contribution in [0.5, 0.6) is 0 Å². The molecule has 2 aliphatic rings. The van der Waals surface area contributed by atoms with E-state index in [-0.39, 0.29) is 12.0 Å². The lowest BCUT2D eigenvalue weighted by molar-refractivity contribution is -0.141. The van der Waals surface area contributed by atoms with E-state index in [0.29, 0.717) is 13.2 Å². The van der Waals surface area contributed by atoms with Crippen molar-refractivity contribution in [1.29, 1.82) is 0 Å². The minimum atomic E-state index is -0.842. The highest BCUT2D eigenvalue weighted by Crippen LogP contribution is 2.22. The molecule has 4 amide bonds. The third kappa shape index (κ3) is 1.61. The molecule has 6 nitrogen and oxygen atoms in total. The van der Waals surface area contributed by atoms with Crippen molar-refractivity contribution >= 4 is 17.8 Å². The highest BCUT2D eigenvalue weighted by atomic mass is 16.5. The molecule has 6 heteroatoms. The first-order valence-corrected chi connectivity index (χ1v) is 4.87. The second-order valence-corrected chi connectivity index (χ2v) is 3.80. The zero-order valence-electron chi connectivity index (χ0n) is 8.36. The van der Waals surface area contributed by atoms with E-state index in [1.165, 1.54) is 0 Å². The van der Waals surface area contributed by atoms with E-state index in [4.69, 9.17) is 4.74 Å². The molecule has 0 spiro atoms. The molecule has 0 aromatic rings. The summed E-state index contributed by atoms with van der Waals surface area (Å²) >= 11 is 0. The minimum Gasteiger partial charge on any atom is -0.381 e. The largest absolute Gasteiger partial charge is 0.381 e. The van der Waals surface area contributed by atoms with E-state index >= 15 is 0 Å². The summed E-state index contributed by atoms with van der Waals surface area (Å²) in [6.45, 7) is 2.94. The number of hydrogen-bond acceptors (Lipinski definition) is 4. The predicted octanol–water partition coefficient (Wildman–Crippen LogP) is -0.510. The highest BCUT2D eigenvalue weighted by Gasteiger charge is 2.42. The number of urea groups is 1. The number of amides is 4. The van der Waals surface area contributed by atoms with Crippen molar-refractivity contribution in [3.63, 3.8) is 0 Å². The molecule has 0 radical (unpaired) electrons. The molecule has 1 N–H and O–H groups in total. The fraction of sp³-hybridized carbons (Fsp3) is 0.667. The Morgan fingerprint density at radius 2 is 2.20 bits per heavy atom. The van der Waals surface area contributed by atoms with E-state index < -0.39 is 17.8 Å². The molecule has 15 heavy (non-hydrogen) atoms. The SMILES string of the molecule is CC(C1CCOC1)N1C(=O)NC(=O)C1=O. The van der Waals surface area contributed by atoms with Gasteiger partial charge in [-0.3, -0.25) is 19.8 Å². The summed E-state index contributed by atoms with van der Waals surface area (Å²) in [6, 6.07) is -0.907. The standard InChI is InChI=1S/C9H12N2O4/c1-5(6-2-3-15-4-6)11-8(13)7(12)10-9(11)14/h5-6H,2-4H2,1H3,(H,10,12,14). The topological polar surface area (TPSA) is 75.7 Å². The van der Waals surface area contributed by atoms with E-state index in [9.17, 15) is 14.4 Å². The lowest BCUT2D eigenvalue weighted by Crippen LogP contribution is -2.43. The molecule has 0 bridgehead atoms. The monoisotopic (exact) mass is 212 g/mol. The van der Waals surface area contributed by atoms with Crippen LogP contribution in [0.15, 0.2) is 0 Å². The molecule has 2 unspecified atom stereocenters. The summed E-state index contributed by atoms with van der Waals surface area (Å²) in [5, 5.41) is 1.98. The summed E-state index contributed by atoms with van der Waals surface area (Å²) in [5.74, 6) is -1.48. The average molecular weight is 212 g/mol. The van der Waals surface area contributed by atoms with Crippen molar-refractivity contribution in [2.45, 2.75) is 19.4 Å². The molecule has 2 rings (SSSR count). The Balaban J connectivity index is 2.12. The van der Waals surface area contributed by atoms with Crippen molar-refractivity contribution in [3.05, 3.63) is 0 Å². The Kier molecular flexibility index (Phi) is 2.44. The van der Waals surface area contributed by atoms with E-state index in [2.05, 4.69) is 0 Å². The lowest BCUT2D eigenvalue weighted by Gasteiger charge is -2.24. The van der Waals surface area contributed by atoms with Gasteiger partial charge in [0.2, 0.25) is 0 Å². The van der Waals surface area contributed by atoms with Crippen LogP contribution in [0.3, 0.4) is 0 Å². The van der Waals surface area contributed by atoms with Crippen LogP contribution in [0.1, 0.15) is 13.3 Å².